The Kier molecular flexibility index (Phi) is 3.86. The topological polar surface area (TPSA) is 55.1 Å². The van der Waals surface area contributed by atoms with Crippen LogP contribution in [0.2, 0.25) is 0 Å². The maximum atomic E-state index is 11.6. The van der Waals surface area contributed by atoms with Crippen LogP contribution in [0.5, 0.6) is 0 Å². The van der Waals surface area contributed by atoms with Gasteiger partial charge in [-0.1, -0.05) is 31.5 Å². The smallest absolute Gasteiger partial charge is 0.241 e. The third kappa shape index (κ3) is 3.36. The van der Waals surface area contributed by atoms with Crippen molar-refractivity contribution in [1.29, 1.82) is 0 Å². The van der Waals surface area contributed by atoms with Crippen LogP contribution in [-0.2, 0) is 4.79 Å². The van der Waals surface area contributed by atoms with Crippen molar-refractivity contribution in [2.45, 2.75) is 26.8 Å². The molecule has 1 aromatic rings. The first-order valence-electron chi connectivity index (χ1n) is 5.14. The van der Waals surface area contributed by atoms with Crippen molar-refractivity contribution in [1.82, 2.24) is 0 Å². The van der Waals surface area contributed by atoms with Gasteiger partial charge in [0, 0.05) is 5.69 Å². The van der Waals surface area contributed by atoms with Crippen LogP contribution in [0.1, 0.15) is 19.4 Å². The molecule has 3 N–H and O–H groups in total. The van der Waals surface area contributed by atoms with Gasteiger partial charge in [-0.05, 0) is 25.0 Å². The largest absolute Gasteiger partial charge is 0.325 e. The number of benzene rings is 1. The second kappa shape index (κ2) is 4.94. The number of nitrogens with two attached hydrogens (primary N) is 1. The standard InChI is InChI=1S/C12H18N2O/c1-8(2)11(13)12(15)14-10-6-4-9(3)5-7-10/h4-8,11H,13H2,1-3H3,(H,14,15)/t11-/m0/s1. The van der Waals surface area contributed by atoms with Crippen molar-refractivity contribution in [3.05, 3.63) is 29.8 Å². The van der Waals surface area contributed by atoms with Gasteiger partial charge in [-0.15, -0.1) is 0 Å². The molecule has 0 unspecified atom stereocenters. The number of hydrogen-bond donors (Lipinski definition) is 2. The van der Waals surface area contributed by atoms with E-state index in [-0.39, 0.29) is 11.8 Å². The van der Waals surface area contributed by atoms with Gasteiger partial charge in [0.25, 0.3) is 0 Å². The molecule has 0 saturated carbocycles. The van der Waals surface area contributed by atoms with Gasteiger partial charge >= 0.3 is 0 Å². The van der Waals surface area contributed by atoms with Crippen LogP contribution in [-0.4, -0.2) is 11.9 Å². The van der Waals surface area contributed by atoms with Crippen LogP contribution in [0.4, 0.5) is 5.69 Å². The van der Waals surface area contributed by atoms with Gasteiger partial charge in [-0.3, -0.25) is 4.79 Å². The summed E-state index contributed by atoms with van der Waals surface area (Å²) in [7, 11) is 0. The summed E-state index contributed by atoms with van der Waals surface area (Å²) >= 11 is 0. The van der Waals surface area contributed by atoms with E-state index in [1.54, 1.807) is 0 Å². The highest BCUT2D eigenvalue weighted by atomic mass is 16.2. The normalized spacial score (nSPS) is 12.6. The van der Waals surface area contributed by atoms with Crippen molar-refractivity contribution in [3.63, 3.8) is 0 Å². The van der Waals surface area contributed by atoms with E-state index >= 15 is 0 Å². The maximum absolute atomic E-state index is 11.6. The fourth-order valence-electron chi connectivity index (χ4n) is 1.17. The average Bonchev–Trinajstić information content (AvgIpc) is 2.20. The molecule has 0 aromatic heterocycles. The zero-order valence-electron chi connectivity index (χ0n) is 9.45. The summed E-state index contributed by atoms with van der Waals surface area (Å²) in [4.78, 5) is 11.6. The molecule has 1 rings (SSSR count). The summed E-state index contributed by atoms with van der Waals surface area (Å²) in [6, 6.07) is 7.21. The molecule has 1 amide bonds. The predicted octanol–water partition coefficient (Wildman–Crippen LogP) is 1.92. The number of nitrogens with one attached hydrogen (secondary N) is 1. The quantitative estimate of drug-likeness (QED) is 0.793. The maximum Gasteiger partial charge on any atom is 0.241 e. The Balaban J connectivity index is 2.62. The lowest BCUT2D eigenvalue weighted by atomic mass is 10.0. The van der Waals surface area contributed by atoms with Crippen molar-refractivity contribution in [2.75, 3.05) is 5.32 Å². The third-order valence-corrected chi connectivity index (χ3v) is 2.34. The van der Waals surface area contributed by atoms with E-state index in [1.165, 1.54) is 5.56 Å². The fourth-order valence-corrected chi connectivity index (χ4v) is 1.17. The molecular formula is C12H18N2O. The van der Waals surface area contributed by atoms with Crippen molar-refractivity contribution in [2.24, 2.45) is 11.7 Å². The number of amides is 1. The summed E-state index contributed by atoms with van der Waals surface area (Å²) in [5.74, 6) is 0.0179. The summed E-state index contributed by atoms with van der Waals surface area (Å²) in [5, 5.41) is 2.79. The molecule has 0 aliphatic heterocycles. The Bertz CT molecular complexity index is 330. The molecule has 0 aliphatic carbocycles. The molecular weight excluding hydrogens is 188 g/mol. The Hall–Kier alpha value is -1.35. The molecule has 1 aromatic carbocycles. The minimum atomic E-state index is -0.452. The SMILES string of the molecule is Cc1ccc(NC(=O)[C@@H](N)C(C)C)cc1. The van der Waals surface area contributed by atoms with Gasteiger partial charge < -0.3 is 11.1 Å². The first kappa shape index (κ1) is 11.7. The molecule has 1 atom stereocenters. The van der Waals surface area contributed by atoms with E-state index in [1.807, 2.05) is 45.0 Å². The zero-order chi connectivity index (χ0) is 11.4. The molecule has 0 heterocycles. The Morgan fingerprint density at radius 2 is 1.80 bits per heavy atom. The lowest BCUT2D eigenvalue weighted by Crippen LogP contribution is -2.39. The predicted molar refractivity (Wildman–Crippen MR) is 62.6 cm³/mol. The summed E-state index contributed by atoms with van der Waals surface area (Å²) < 4.78 is 0. The van der Waals surface area contributed by atoms with Gasteiger partial charge in [0.2, 0.25) is 5.91 Å². The van der Waals surface area contributed by atoms with Crippen LogP contribution in [0.25, 0.3) is 0 Å². The van der Waals surface area contributed by atoms with Gasteiger partial charge in [0.1, 0.15) is 0 Å². The Morgan fingerprint density at radius 3 is 2.27 bits per heavy atom. The molecule has 0 aliphatic rings. The number of aryl methyl sites for hydroxylation is 1. The van der Waals surface area contributed by atoms with E-state index in [9.17, 15) is 4.79 Å². The number of carbonyl (C=O) groups excluding carboxylic acids is 1. The Morgan fingerprint density at radius 1 is 1.27 bits per heavy atom. The number of anilines is 1. The molecule has 3 heteroatoms. The first-order valence-corrected chi connectivity index (χ1v) is 5.14. The molecule has 0 saturated heterocycles. The lowest BCUT2D eigenvalue weighted by molar-refractivity contribution is -0.118. The van der Waals surface area contributed by atoms with Crippen LogP contribution >= 0.6 is 0 Å². The zero-order valence-corrected chi connectivity index (χ0v) is 9.45. The summed E-state index contributed by atoms with van der Waals surface area (Å²) in [6.45, 7) is 5.87. The van der Waals surface area contributed by atoms with Crippen molar-refractivity contribution >= 4 is 11.6 Å². The van der Waals surface area contributed by atoms with Gasteiger partial charge in [-0.2, -0.15) is 0 Å². The second-order valence-electron chi connectivity index (χ2n) is 4.13. The minimum absolute atomic E-state index is 0.131. The summed E-state index contributed by atoms with van der Waals surface area (Å²) in [5.41, 5.74) is 7.69. The van der Waals surface area contributed by atoms with Crippen LogP contribution in [0.3, 0.4) is 0 Å². The van der Waals surface area contributed by atoms with Crippen molar-refractivity contribution in [3.8, 4) is 0 Å². The van der Waals surface area contributed by atoms with E-state index in [2.05, 4.69) is 5.32 Å². The monoisotopic (exact) mass is 206 g/mol. The molecule has 82 valence electrons. The lowest BCUT2D eigenvalue weighted by Gasteiger charge is -2.15. The minimum Gasteiger partial charge on any atom is -0.325 e. The highest BCUT2D eigenvalue weighted by Gasteiger charge is 2.16. The van der Waals surface area contributed by atoms with E-state index in [0.717, 1.165) is 5.69 Å². The third-order valence-electron chi connectivity index (χ3n) is 2.34. The molecule has 0 bridgehead atoms. The molecule has 3 nitrogen and oxygen atoms in total. The first-order chi connectivity index (χ1) is 7.00. The molecule has 0 fully saturated rings. The number of carbonyl (C=O) groups is 1. The number of rotatable bonds is 3. The van der Waals surface area contributed by atoms with Crippen LogP contribution in [0.15, 0.2) is 24.3 Å². The van der Waals surface area contributed by atoms with Crippen LogP contribution < -0.4 is 11.1 Å². The highest BCUT2D eigenvalue weighted by molar-refractivity contribution is 5.94. The second-order valence-corrected chi connectivity index (χ2v) is 4.13. The van der Waals surface area contributed by atoms with Crippen molar-refractivity contribution < 1.29 is 4.79 Å². The molecule has 0 radical (unpaired) electrons. The van der Waals surface area contributed by atoms with E-state index in [0.29, 0.717) is 0 Å². The van der Waals surface area contributed by atoms with Crippen LogP contribution in [0, 0.1) is 12.8 Å². The summed E-state index contributed by atoms with van der Waals surface area (Å²) in [6.07, 6.45) is 0. The molecule has 15 heavy (non-hydrogen) atoms. The van der Waals surface area contributed by atoms with E-state index in [4.69, 9.17) is 5.73 Å². The van der Waals surface area contributed by atoms with Gasteiger partial charge in [-0.25, -0.2) is 0 Å². The average molecular weight is 206 g/mol. The highest BCUT2D eigenvalue weighted by Crippen LogP contribution is 2.10. The van der Waals surface area contributed by atoms with Gasteiger partial charge in [0.05, 0.1) is 6.04 Å². The molecule has 0 spiro atoms. The van der Waals surface area contributed by atoms with Gasteiger partial charge in [0.15, 0.2) is 0 Å². The number of hydrogen-bond acceptors (Lipinski definition) is 2. The Labute approximate surface area is 90.7 Å². The van der Waals surface area contributed by atoms with E-state index < -0.39 is 6.04 Å². The fraction of sp³-hybridized carbons (Fsp3) is 0.417.